The smallest absolute Gasteiger partial charge is 0.0702 e. The van der Waals surface area contributed by atoms with Crippen molar-refractivity contribution in [2.75, 3.05) is 0 Å². The van der Waals surface area contributed by atoms with Gasteiger partial charge in [-0.1, -0.05) is 26.0 Å². The van der Waals surface area contributed by atoms with Crippen molar-refractivity contribution < 1.29 is 0 Å². The molecule has 0 aliphatic heterocycles. The first-order valence-corrected chi connectivity index (χ1v) is 6.51. The number of hydrogen-bond acceptors (Lipinski definition) is 3. The topological polar surface area (TPSA) is 50.9 Å². The summed E-state index contributed by atoms with van der Waals surface area (Å²) in [5.41, 5.74) is 5.18. The summed E-state index contributed by atoms with van der Waals surface area (Å²) in [7, 11) is 0. The number of hydrazine groups is 1. The van der Waals surface area contributed by atoms with Crippen LogP contribution in [0.15, 0.2) is 36.5 Å². The molecule has 0 amide bonds. The molecule has 0 radical (unpaired) electrons. The lowest BCUT2D eigenvalue weighted by molar-refractivity contribution is 0.448. The van der Waals surface area contributed by atoms with Crippen LogP contribution in [0.5, 0.6) is 0 Å². The third-order valence-corrected chi connectivity index (χ3v) is 3.26. The molecule has 0 saturated carbocycles. The Labute approximate surface area is 108 Å². The summed E-state index contributed by atoms with van der Waals surface area (Å²) in [6.45, 7) is 4.47. The van der Waals surface area contributed by atoms with Gasteiger partial charge in [-0.3, -0.25) is 16.3 Å². The van der Waals surface area contributed by atoms with E-state index < -0.39 is 0 Å². The summed E-state index contributed by atoms with van der Waals surface area (Å²) >= 11 is 0. The monoisotopic (exact) mass is 243 g/mol. The number of benzene rings is 1. The lowest BCUT2D eigenvalue weighted by atomic mass is 9.97. The standard InChI is InChI=1S/C15H21N3/c1-11(2)5-7-15(18-16)13-6-8-14-12(10-13)4-3-9-17-14/h3-4,6,8-11,15,18H,5,7,16H2,1-2H3. The molecule has 0 spiro atoms. The van der Waals surface area contributed by atoms with E-state index in [0.29, 0.717) is 5.92 Å². The van der Waals surface area contributed by atoms with E-state index in [1.807, 2.05) is 12.3 Å². The van der Waals surface area contributed by atoms with E-state index in [1.54, 1.807) is 0 Å². The summed E-state index contributed by atoms with van der Waals surface area (Å²) in [4.78, 5) is 4.33. The summed E-state index contributed by atoms with van der Waals surface area (Å²) in [6.07, 6.45) is 4.04. The second kappa shape index (κ2) is 5.94. The molecule has 1 aromatic heterocycles. The van der Waals surface area contributed by atoms with E-state index >= 15 is 0 Å². The van der Waals surface area contributed by atoms with E-state index in [-0.39, 0.29) is 6.04 Å². The third-order valence-electron chi connectivity index (χ3n) is 3.26. The molecule has 3 heteroatoms. The molecule has 0 bridgehead atoms. The quantitative estimate of drug-likeness (QED) is 0.626. The van der Waals surface area contributed by atoms with Gasteiger partial charge in [0.15, 0.2) is 0 Å². The highest BCUT2D eigenvalue weighted by Gasteiger charge is 2.10. The van der Waals surface area contributed by atoms with Crippen molar-refractivity contribution in [3.05, 3.63) is 42.1 Å². The Kier molecular flexibility index (Phi) is 4.28. The second-order valence-corrected chi connectivity index (χ2v) is 5.15. The maximum Gasteiger partial charge on any atom is 0.0702 e. The number of aromatic nitrogens is 1. The van der Waals surface area contributed by atoms with Gasteiger partial charge in [-0.25, -0.2) is 0 Å². The van der Waals surface area contributed by atoms with Crippen molar-refractivity contribution in [1.82, 2.24) is 10.4 Å². The second-order valence-electron chi connectivity index (χ2n) is 5.15. The number of nitrogens with one attached hydrogen (secondary N) is 1. The number of nitrogens with two attached hydrogens (primary N) is 1. The van der Waals surface area contributed by atoms with Crippen LogP contribution in [0.4, 0.5) is 0 Å². The summed E-state index contributed by atoms with van der Waals surface area (Å²) in [5, 5.41) is 1.17. The fourth-order valence-electron chi connectivity index (χ4n) is 2.16. The highest BCUT2D eigenvalue weighted by Crippen LogP contribution is 2.23. The van der Waals surface area contributed by atoms with Gasteiger partial charge in [-0.2, -0.15) is 0 Å². The molecule has 3 nitrogen and oxygen atoms in total. The highest BCUT2D eigenvalue weighted by molar-refractivity contribution is 5.79. The predicted octanol–water partition coefficient (Wildman–Crippen LogP) is 3.18. The van der Waals surface area contributed by atoms with Gasteiger partial charge < -0.3 is 0 Å². The van der Waals surface area contributed by atoms with Crippen molar-refractivity contribution in [2.45, 2.75) is 32.7 Å². The van der Waals surface area contributed by atoms with Crippen molar-refractivity contribution in [1.29, 1.82) is 0 Å². The van der Waals surface area contributed by atoms with Gasteiger partial charge in [-0.15, -0.1) is 0 Å². The van der Waals surface area contributed by atoms with Crippen LogP contribution in [0.25, 0.3) is 10.9 Å². The Balaban J connectivity index is 2.22. The Hall–Kier alpha value is -1.45. The summed E-state index contributed by atoms with van der Waals surface area (Å²) < 4.78 is 0. The van der Waals surface area contributed by atoms with Crippen LogP contribution in [0.3, 0.4) is 0 Å². The minimum Gasteiger partial charge on any atom is -0.271 e. The number of rotatable bonds is 5. The fourth-order valence-corrected chi connectivity index (χ4v) is 2.16. The van der Waals surface area contributed by atoms with Gasteiger partial charge in [0, 0.05) is 17.6 Å². The zero-order valence-electron chi connectivity index (χ0n) is 11.1. The molecule has 1 heterocycles. The van der Waals surface area contributed by atoms with Crippen LogP contribution in [0.1, 0.15) is 38.3 Å². The zero-order chi connectivity index (χ0) is 13.0. The largest absolute Gasteiger partial charge is 0.271 e. The molecular weight excluding hydrogens is 222 g/mol. The van der Waals surface area contributed by atoms with E-state index in [9.17, 15) is 0 Å². The lowest BCUT2D eigenvalue weighted by Gasteiger charge is -2.17. The molecule has 1 aromatic carbocycles. The number of hydrogen-bond donors (Lipinski definition) is 2. The van der Waals surface area contributed by atoms with E-state index in [1.165, 1.54) is 17.4 Å². The van der Waals surface area contributed by atoms with Crippen LogP contribution in [-0.4, -0.2) is 4.98 Å². The van der Waals surface area contributed by atoms with Crippen molar-refractivity contribution in [2.24, 2.45) is 11.8 Å². The minimum atomic E-state index is 0.219. The van der Waals surface area contributed by atoms with Crippen LogP contribution < -0.4 is 11.3 Å². The first kappa shape index (κ1) is 13.0. The van der Waals surface area contributed by atoms with E-state index in [4.69, 9.17) is 5.84 Å². The van der Waals surface area contributed by atoms with E-state index in [2.05, 4.69) is 48.5 Å². The van der Waals surface area contributed by atoms with Crippen LogP contribution in [-0.2, 0) is 0 Å². The minimum absolute atomic E-state index is 0.219. The average molecular weight is 243 g/mol. The van der Waals surface area contributed by atoms with E-state index in [0.717, 1.165) is 11.9 Å². The molecule has 0 saturated heterocycles. The number of nitrogens with zero attached hydrogens (tertiary/aromatic N) is 1. The Bertz CT molecular complexity index is 508. The molecule has 0 aliphatic rings. The van der Waals surface area contributed by atoms with Crippen LogP contribution in [0.2, 0.25) is 0 Å². The molecule has 2 aromatic rings. The molecule has 96 valence electrons. The summed E-state index contributed by atoms with van der Waals surface area (Å²) in [6, 6.07) is 10.6. The fraction of sp³-hybridized carbons (Fsp3) is 0.400. The maximum atomic E-state index is 5.67. The SMILES string of the molecule is CC(C)CCC(NN)c1ccc2ncccc2c1. The number of pyridine rings is 1. The number of fused-ring (bicyclic) bond motifs is 1. The maximum absolute atomic E-state index is 5.67. The van der Waals surface area contributed by atoms with Crippen LogP contribution in [0, 0.1) is 5.92 Å². The molecule has 3 N–H and O–H groups in total. The highest BCUT2D eigenvalue weighted by atomic mass is 15.2. The third kappa shape index (κ3) is 3.06. The molecule has 1 atom stereocenters. The van der Waals surface area contributed by atoms with Crippen molar-refractivity contribution in [3.8, 4) is 0 Å². The normalized spacial score (nSPS) is 13.1. The van der Waals surface area contributed by atoms with Crippen molar-refractivity contribution >= 4 is 10.9 Å². The molecular formula is C15H21N3. The first-order chi connectivity index (χ1) is 8.70. The van der Waals surface area contributed by atoms with Gasteiger partial charge in [0.05, 0.1) is 5.52 Å². The zero-order valence-corrected chi connectivity index (χ0v) is 11.1. The average Bonchev–Trinajstić information content (AvgIpc) is 2.39. The van der Waals surface area contributed by atoms with Crippen molar-refractivity contribution in [3.63, 3.8) is 0 Å². The Morgan fingerprint density at radius 3 is 2.78 bits per heavy atom. The van der Waals surface area contributed by atoms with Gasteiger partial charge in [0.1, 0.15) is 0 Å². The Morgan fingerprint density at radius 1 is 1.22 bits per heavy atom. The lowest BCUT2D eigenvalue weighted by Crippen LogP contribution is -2.28. The first-order valence-electron chi connectivity index (χ1n) is 6.51. The molecule has 0 aliphatic carbocycles. The van der Waals surface area contributed by atoms with Gasteiger partial charge >= 0.3 is 0 Å². The molecule has 18 heavy (non-hydrogen) atoms. The van der Waals surface area contributed by atoms with Crippen LogP contribution >= 0.6 is 0 Å². The van der Waals surface area contributed by atoms with Gasteiger partial charge in [0.2, 0.25) is 0 Å². The Morgan fingerprint density at radius 2 is 2.06 bits per heavy atom. The molecule has 0 fully saturated rings. The van der Waals surface area contributed by atoms with Gasteiger partial charge in [0.25, 0.3) is 0 Å². The predicted molar refractivity (Wildman–Crippen MR) is 75.9 cm³/mol. The molecule has 2 rings (SSSR count). The summed E-state index contributed by atoms with van der Waals surface area (Å²) in [5.74, 6) is 6.37. The molecule has 1 unspecified atom stereocenters. The van der Waals surface area contributed by atoms with Gasteiger partial charge in [-0.05, 0) is 42.5 Å².